The molecule has 0 saturated heterocycles. The molecule has 0 radical (unpaired) electrons. The average molecular weight is 564 g/mol. The quantitative estimate of drug-likeness (QED) is 0.300. The van der Waals surface area contributed by atoms with Crippen LogP contribution in [0.15, 0.2) is 0 Å². The zero-order valence-corrected chi connectivity index (χ0v) is 28.3. The SMILES string of the molecule is CCC[C@H]1CC[C@H]2[C@H](CNC(=O)OC(C)(C)C)[C@@H]([C@@]3(C)CCC(=O)C[C@@H]3CO[Si](C)(C)C(C)(C)C)CC[C@]12C. The lowest BCUT2D eigenvalue weighted by atomic mass is 9.48. The van der Waals surface area contributed by atoms with E-state index in [1.807, 2.05) is 20.8 Å². The molecule has 0 aromatic heterocycles. The van der Waals surface area contributed by atoms with Crippen LogP contribution in [0.4, 0.5) is 4.79 Å². The molecule has 3 rings (SSSR count). The molecule has 3 fully saturated rings. The summed E-state index contributed by atoms with van der Waals surface area (Å²) in [7, 11) is -1.93. The smallest absolute Gasteiger partial charge is 0.407 e. The Balaban J connectivity index is 1.91. The van der Waals surface area contributed by atoms with Crippen molar-refractivity contribution in [2.24, 2.45) is 40.4 Å². The van der Waals surface area contributed by atoms with Crippen molar-refractivity contribution >= 4 is 20.2 Å². The zero-order chi connectivity index (χ0) is 29.4. The van der Waals surface area contributed by atoms with Gasteiger partial charge in [0.05, 0.1) is 0 Å². The normalized spacial score (nSPS) is 36.0. The second-order valence-corrected chi connectivity index (χ2v) is 21.2. The maximum absolute atomic E-state index is 12.8. The van der Waals surface area contributed by atoms with Crippen molar-refractivity contribution in [3.8, 4) is 0 Å². The van der Waals surface area contributed by atoms with E-state index in [0.29, 0.717) is 54.9 Å². The molecule has 7 atom stereocenters. The van der Waals surface area contributed by atoms with Crippen LogP contribution in [0.2, 0.25) is 18.1 Å². The number of alkyl carbamates (subject to hydrolysis) is 1. The molecule has 0 spiro atoms. The number of rotatable bonds is 8. The maximum atomic E-state index is 12.8. The molecule has 39 heavy (non-hydrogen) atoms. The van der Waals surface area contributed by atoms with Crippen LogP contribution in [0.25, 0.3) is 0 Å². The Morgan fingerprint density at radius 2 is 1.59 bits per heavy atom. The number of hydrogen-bond acceptors (Lipinski definition) is 4. The molecule has 0 aliphatic heterocycles. The summed E-state index contributed by atoms with van der Waals surface area (Å²) >= 11 is 0. The zero-order valence-electron chi connectivity index (χ0n) is 27.3. The third kappa shape index (κ3) is 7.13. The summed E-state index contributed by atoms with van der Waals surface area (Å²) in [5, 5.41) is 3.36. The Morgan fingerprint density at radius 1 is 0.974 bits per heavy atom. The average Bonchev–Trinajstić information content (AvgIpc) is 3.13. The van der Waals surface area contributed by atoms with Gasteiger partial charge < -0.3 is 14.5 Å². The Kier molecular flexibility index (Phi) is 9.85. The number of nitrogens with one attached hydrogen (secondary N) is 1. The van der Waals surface area contributed by atoms with Gasteiger partial charge in [0.2, 0.25) is 0 Å². The number of ether oxygens (including phenoxy) is 1. The van der Waals surface area contributed by atoms with E-state index in [9.17, 15) is 9.59 Å². The highest BCUT2D eigenvalue weighted by atomic mass is 28.4. The van der Waals surface area contributed by atoms with Gasteiger partial charge in [0.1, 0.15) is 11.4 Å². The summed E-state index contributed by atoms with van der Waals surface area (Å²) in [4.78, 5) is 25.6. The van der Waals surface area contributed by atoms with Crippen LogP contribution in [0, 0.1) is 40.4 Å². The molecule has 3 aliphatic rings. The third-order valence-electron chi connectivity index (χ3n) is 11.8. The number of carbonyl (C=O) groups is 2. The molecule has 0 unspecified atom stereocenters. The fraction of sp³-hybridized carbons (Fsp3) is 0.939. The van der Waals surface area contributed by atoms with Crippen LogP contribution in [-0.2, 0) is 14.0 Å². The van der Waals surface area contributed by atoms with E-state index in [1.54, 1.807) is 0 Å². The fourth-order valence-corrected chi connectivity index (χ4v) is 9.37. The van der Waals surface area contributed by atoms with Crippen molar-refractivity contribution in [2.45, 2.75) is 144 Å². The molecular weight excluding hydrogens is 502 g/mol. The largest absolute Gasteiger partial charge is 0.444 e. The standard InChI is InChI=1S/C33H61NO4Si/c1-12-13-23-14-15-27-26(21-34-29(36)38-30(2,3)4)28(17-19-32(23,27)8)33(9)18-16-25(35)20-24(33)22-37-39(10,11)31(5,6)7/h23-24,26-28H,12-22H2,1-11H3,(H,34,36)/t23-,24+,26-,27-,28-,32+,33-/m0/s1. The van der Waals surface area contributed by atoms with Gasteiger partial charge in [-0.3, -0.25) is 4.79 Å². The van der Waals surface area contributed by atoms with E-state index in [0.717, 1.165) is 12.3 Å². The maximum Gasteiger partial charge on any atom is 0.407 e. The summed E-state index contributed by atoms with van der Waals surface area (Å²) in [5.74, 6) is 2.86. The van der Waals surface area contributed by atoms with Crippen LogP contribution in [0.1, 0.15) is 120 Å². The second kappa shape index (κ2) is 11.8. The van der Waals surface area contributed by atoms with E-state index >= 15 is 0 Å². The number of amides is 1. The Bertz CT molecular complexity index is 874. The van der Waals surface area contributed by atoms with Crippen LogP contribution in [0.5, 0.6) is 0 Å². The van der Waals surface area contributed by atoms with E-state index < -0.39 is 13.9 Å². The second-order valence-electron chi connectivity index (χ2n) is 16.4. The van der Waals surface area contributed by atoms with Crippen molar-refractivity contribution in [1.82, 2.24) is 5.32 Å². The number of carbonyl (C=O) groups excluding carboxylic acids is 2. The highest BCUT2D eigenvalue weighted by Gasteiger charge is 2.58. The van der Waals surface area contributed by atoms with E-state index in [1.165, 1.54) is 38.5 Å². The molecule has 1 amide bonds. The minimum Gasteiger partial charge on any atom is -0.444 e. The first-order chi connectivity index (χ1) is 17.8. The minimum absolute atomic E-state index is 0.0285. The number of hydrogen-bond donors (Lipinski definition) is 1. The molecular formula is C33H61NO4Si. The van der Waals surface area contributed by atoms with Gasteiger partial charge in [-0.15, -0.1) is 0 Å². The number of Topliss-reactive ketones (excluding diaryl/α,β-unsaturated/α-hetero) is 1. The first-order valence-corrected chi connectivity index (χ1v) is 18.9. The monoisotopic (exact) mass is 563 g/mol. The van der Waals surface area contributed by atoms with Gasteiger partial charge in [-0.2, -0.15) is 0 Å². The Hall–Kier alpha value is -0.883. The van der Waals surface area contributed by atoms with Crippen LogP contribution in [0.3, 0.4) is 0 Å². The molecule has 0 bridgehead atoms. The summed E-state index contributed by atoms with van der Waals surface area (Å²) in [5.41, 5.74) is -0.145. The predicted octanol–water partition coefficient (Wildman–Crippen LogP) is 8.77. The lowest BCUT2D eigenvalue weighted by molar-refractivity contribution is -0.132. The van der Waals surface area contributed by atoms with E-state index in [-0.39, 0.29) is 22.5 Å². The van der Waals surface area contributed by atoms with Gasteiger partial charge >= 0.3 is 6.09 Å². The fourth-order valence-electron chi connectivity index (χ4n) is 8.32. The predicted molar refractivity (Wildman–Crippen MR) is 163 cm³/mol. The number of fused-ring (bicyclic) bond motifs is 1. The van der Waals surface area contributed by atoms with Gasteiger partial charge in [0.25, 0.3) is 0 Å². The molecule has 0 aromatic rings. The molecule has 3 aliphatic carbocycles. The highest BCUT2D eigenvalue weighted by Crippen LogP contribution is 2.64. The van der Waals surface area contributed by atoms with Gasteiger partial charge in [0.15, 0.2) is 8.32 Å². The lowest BCUT2D eigenvalue weighted by Crippen LogP contribution is -2.55. The number of ketones is 1. The van der Waals surface area contributed by atoms with Crippen molar-refractivity contribution in [3.63, 3.8) is 0 Å². The first-order valence-electron chi connectivity index (χ1n) is 16.0. The summed E-state index contributed by atoms with van der Waals surface area (Å²) in [6.07, 6.45) is 9.47. The molecule has 3 saturated carbocycles. The van der Waals surface area contributed by atoms with Crippen LogP contribution < -0.4 is 5.32 Å². The summed E-state index contributed by atoms with van der Waals surface area (Å²) in [6, 6.07) is 0. The molecule has 0 aromatic carbocycles. The van der Waals surface area contributed by atoms with Crippen LogP contribution >= 0.6 is 0 Å². The Morgan fingerprint density at radius 3 is 2.18 bits per heavy atom. The minimum atomic E-state index is -1.93. The van der Waals surface area contributed by atoms with Crippen LogP contribution in [-0.4, -0.2) is 38.9 Å². The molecule has 5 nitrogen and oxygen atoms in total. The van der Waals surface area contributed by atoms with Gasteiger partial charge in [0, 0.05) is 26.0 Å². The summed E-state index contributed by atoms with van der Waals surface area (Å²) in [6.45, 7) is 26.0. The summed E-state index contributed by atoms with van der Waals surface area (Å²) < 4.78 is 12.5. The van der Waals surface area contributed by atoms with Gasteiger partial charge in [-0.1, -0.05) is 54.4 Å². The first kappa shape index (κ1) is 32.6. The third-order valence-corrected chi connectivity index (χ3v) is 16.3. The molecule has 0 heterocycles. The molecule has 226 valence electrons. The van der Waals surface area contributed by atoms with Gasteiger partial charge in [-0.05, 0) is 111 Å². The van der Waals surface area contributed by atoms with Crippen molar-refractivity contribution in [1.29, 1.82) is 0 Å². The van der Waals surface area contributed by atoms with E-state index in [4.69, 9.17) is 9.16 Å². The topological polar surface area (TPSA) is 64.6 Å². The molecule has 1 N–H and O–H groups in total. The van der Waals surface area contributed by atoms with Gasteiger partial charge in [-0.25, -0.2) is 4.79 Å². The highest BCUT2D eigenvalue weighted by molar-refractivity contribution is 6.74. The van der Waals surface area contributed by atoms with E-state index in [2.05, 4.69) is 60.0 Å². The van der Waals surface area contributed by atoms with Crippen molar-refractivity contribution in [2.75, 3.05) is 13.2 Å². The van der Waals surface area contributed by atoms with Crippen molar-refractivity contribution < 1.29 is 18.8 Å². The molecule has 6 heteroatoms. The lowest BCUT2D eigenvalue weighted by Gasteiger charge is -2.57. The van der Waals surface area contributed by atoms with Crippen molar-refractivity contribution in [3.05, 3.63) is 0 Å². The Labute approximate surface area is 241 Å².